The third-order valence-electron chi connectivity index (χ3n) is 3.57. The Morgan fingerprint density at radius 3 is 2.64 bits per heavy atom. The van der Waals surface area contributed by atoms with Crippen molar-refractivity contribution in [1.82, 2.24) is 10.1 Å². The highest BCUT2D eigenvalue weighted by Gasteiger charge is 2.12. The lowest BCUT2D eigenvalue weighted by Gasteiger charge is -2.06. The lowest BCUT2D eigenvalue weighted by Crippen LogP contribution is -1.90. The summed E-state index contributed by atoms with van der Waals surface area (Å²) in [5, 5.41) is 3.64. The smallest absolute Gasteiger partial charge is 0.258 e. The number of nitrogens with zero attached hydrogens (tertiary/aromatic N) is 2. The first-order valence-electron chi connectivity index (χ1n) is 6.95. The van der Waals surface area contributed by atoms with Crippen molar-refractivity contribution in [2.75, 3.05) is 0 Å². The molecule has 0 saturated carbocycles. The molecule has 4 heteroatoms. The van der Waals surface area contributed by atoms with Crippen molar-refractivity contribution in [2.24, 2.45) is 0 Å². The predicted octanol–water partition coefficient (Wildman–Crippen LogP) is 4.41. The largest absolute Gasteiger partial charge is 0.334 e. The zero-order valence-corrected chi connectivity index (χ0v) is 12.4. The number of hydrogen-bond donors (Lipinski definition) is 0. The zero-order valence-electron chi connectivity index (χ0n) is 12.4. The van der Waals surface area contributed by atoms with Crippen molar-refractivity contribution < 1.29 is 8.91 Å². The highest BCUT2D eigenvalue weighted by Crippen LogP contribution is 2.25. The summed E-state index contributed by atoms with van der Waals surface area (Å²) in [4.78, 5) is 4.09. The van der Waals surface area contributed by atoms with Crippen molar-refractivity contribution in [2.45, 2.75) is 13.8 Å². The average molecular weight is 294 g/mol. The molecule has 0 unspecified atom stereocenters. The first kappa shape index (κ1) is 14.2. The minimum Gasteiger partial charge on any atom is -0.334 e. The lowest BCUT2D eigenvalue weighted by molar-refractivity contribution is 0.407. The number of hydrogen-bond acceptors (Lipinski definition) is 3. The second-order valence-electron chi connectivity index (χ2n) is 5.16. The van der Waals surface area contributed by atoms with E-state index in [0.717, 1.165) is 5.56 Å². The summed E-state index contributed by atoms with van der Waals surface area (Å²) in [6.45, 7) is 4.12. The van der Waals surface area contributed by atoms with Crippen LogP contribution >= 0.6 is 0 Å². The third kappa shape index (κ3) is 2.96. The summed E-state index contributed by atoms with van der Waals surface area (Å²) in [6, 6.07) is 12.5. The van der Waals surface area contributed by atoms with Crippen molar-refractivity contribution in [3.8, 4) is 0 Å². The topological polar surface area (TPSA) is 38.9 Å². The molecule has 3 rings (SSSR count). The third-order valence-corrected chi connectivity index (χ3v) is 3.57. The molecule has 0 aliphatic carbocycles. The van der Waals surface area contributed by atoms with Gasteiger partial charge in [0.05, 0.1) is 0 Å². The Morgan fingerprint density at radius 2 is 1.95 bits per heavy atom. The van der Waals surface area contributed by atoms with E-state index in [1.54, 1.807) is 6.07 Å². The highest BCUT2D eigenvalue weighted by molar-refractivity contribution is 5.88. The zero-order chi connectivity index (χ0) is 15.5. The fourth-order valence-corrected chi connectivity index (χ4v) is 2.24. The van der Waals surface area contributed by atoms with Gasteiger partial charge in [-0.1, -0.05) is 35.5 Å². The molecule has 3 nitrogen and oxygen atoms in total. The molecular formula is C18H15FN2O. The van der Waals surface area contributed by atoms with Gasteiger partial charge in [0.2, 0.25) is 0 Å². The van der Waals surface area contributed by atoms with Crippen LogP contribution in [0.2, 0.25) is 0 Å². The molecule has 2 aromatic carbocycles. The molecule has 0 amide bonds. The van der Waals surface area contributed by atoms with Crippen molar-refractivity contribution in [1.29, 1.82) is 0 Å². The number of aromatic nitrogens is 2. The normalized spacial score (nSPS) is 11.7. The van der Waals surface area contributed by atoms with E-state index in [0.29, 0.717) is 17.0 Å². The molecule has 0 bridgehead atoms. The van der Waals surface area contributed by atoms with Gasteiger partial charge in [0.15, 0.2) is 6.33 Å². The van der Waals surface area contributed by atoms with E-state index < -0.39 is 0 Å². The SMILES string of the molecule is Cc1ccc(/C=C(\c2cccc(F)c2)c2ncno2)cc1C. The molecule has 0 aliphatic rings. The summed E-state index contributed by atoms with van der Waals surface area (Å²) < 4.78 is 18.7. The van der Waals surface area contributed by atoms with Gasteiger partial charge in [0, 0.05) is 5.57 Å². The molecule has 22 heavy (non-hydrogen) atoms. The van der Waals surface area contributed by atoms with E-state index in [-0.39, 0.29) is 5.82 Å². The van der Waals surface area contributed by atoms with Crippen LogP contribution in [-0.4, -0.2) is 10.1 Å². The molecule has 0 aliphatic heterocycles. The number of aryl methyl sites for hydroxylation is 2. The highest BCUT2D eigenvalue weighted by atomic mass is 19.1. The van der Waals surface area contributed by atoms with Gasteiger partial charge in [-0.3, -0.25) is 0 Å². The second kappa shape index (κ2) is 5.93. The molecule has 110 valence electrons. The Morgan fingerprint density at radius 1 is 1.09 bits per heavy atom. The van der Waals surface area contributed by atoms with E-state index in [4.69, 9.17) is 4.52 Å². The first-order valence-corrected chi connectivity index (χ1v) is 6.95. The molecule has 0 fully saturated rings. The van der Waals surface area contributed by atoms with Crippen molar-refractivity contribution in [3.05, 3.63) is 82.8 Å². The molecule has 1 heterocycles. The summed E-state index contributed by atoms with van der Waals surface area (Å²) in [5.41, 5.74) is 4.81. The monoisotopic (exact) mass is 294 g/mol. The summed E-state index contributed by atoms with van der Waals surface area (Å²) in [7, 11) is 0. The van der Waals surface area contributed by atoms with Gasteiger partial charge in [0.1, 0.15) is 5.82 Å². The van der Waals surface area contributed by atoms with Crippen LogP contribution in [0.1, 0.15) is 28.1 Å². The maximum Gasteiger partial charge on any atom is 0.258 e. The minimum atomic E-state index is -0.303. The fourth-order valence-electron chi connectivity index (χ4n) is 2.24. The Bertz CT molecular complexity index is 823. The van der Waals surface area contributed by atoms with Crippen molar-refractivity contribution in [3.63, 3.8) is 0 Å². The standard InChI is InChI=1S/C18H15FN2O/c1-12-6-7-14(8-13(12)2)9-17(18-20-11-21-22-18)15-4-3-5-16(19)10-15/h3-11H,1-2H3/b17-9+. The van der Waals surface area contributed by atoms with Gasteiger partial charge in [-0.25, -0.2) is 4.39 Å². The van der Waals surface area contributed by atoms with Gasteiger partial charge < -0.3 is 4.52 Å². The lowest BCUT2D eigenvalue weighted by atomic mass is 10.00. The number of rotatable bonds is 3. The summed E-state index contributed by atoms with van der Waals surface area (Å²) in [5.74, 6) is 0.0619. The summed E-state index contributed by atoms with van der Waals surface area (Å²) >= 11 is 0. The Balaban J connectivity index is 2.13. The molecule has 0 spiro atoms. The summed E-state index contributed by atoms with van der Waals surface area (Å²) in [6.07, 6.45) is 3.26. The quantitative estimate of drug-likeness (QED) is 0.671. The molecule has 0 saturated heterocycles. The van der Waals surface area contributed by atoms with E-state index in [2.05, 4.69) is 36.1 Å². The van der Waals surface area contributed by atoms with Gasteiger partial charge >= 0.3 is 0 Å². The molecule has 0 N–H and O–H groups in total. The van der Waals surface area contributed by atoms with Crippen LogP contribution in [0, 0.1) is 19.7 Å². The van der Waals surface area contributed by atoms with Gasteiger partial charge in [-0.2, -0.15) is 4.98 Å². The molecule has 3 aromatic rings. The van der Waals surface area contributed by atoms with Crippen LogP contribution in [0.4, 0.5) is 4.39 Å². The van der Waals surface area contributed by atoms with Crippen LogP contribution < -0.4 is 0 Å². The maximum atomic E-state index is 13.5. The van der Waals surface area contributed by atoms with Gasteiger partial charge in [-0.15, -0.1) is 0 Å². The fraction of sp³-hybridized carbons (Fsp3) is 0.111. The Labute approximate surface area is 128 Å². The average Bonchev–Trinajstić information content (AvgIpc) is 3.02. The molecule has 0 atom stereocenters. The Kier molecular flexibility index (Phi) is 3.83. The molecule has 0 radical (unpaired) electrons. The van der Waals surface area contributed by atoms with Crippen LogP contribution in [0.5, 0.6) is 0 Å². The predicted molar refractivity (Wildman–Crippen MR) is 83.6 cm³/mol. The Hall–Kier alpha value is -2.75. The molecule has 1 aromatic heterocycles. The maximum absolute atomic E-state index is 13.5. The van der Waals surface area contributed by atoms with Crippen molar-refractivity contribution >= 4 is 11.6 Å². The van der Waals surface area contributed by atoms with Crippen LogP contribution in [-0.2, 0) is 0 Å². The van der Waals surface area contributed by atoms with Gasteiger partial charge in [-0.05, 0) is 54.3 Å². The van der Waals surface area contributed by atoms with E-state index in [1.165, 1.54) is 29.6 Å². The number of halogens is 1. The van der Waals surface area contributed by atoms with Crippen LogP contribution in [0.3, 0.4) is 0 Å². The molecular weight excluding hydrogens is 279 g/mol. The van der Waals surface area contributed by atoms with E-state index >= 15 is 0 Å². The van der Waals surface area contributed by atoms with E-state index in [1.807, 2.05) is 18.2 Å². The van der Waals surface area contributed by atoms with E-state index in [9.17, 15) is 4.39 Å². The van der Waals surface area contributed by atoms with Gasteiger partial charge in [0.25, 0.3) is 5.89 Å². The van der Waals surface area contributed by atoms with Crippen LogP contribution in [0.25, 0.3) is 11.6 Å². The minimum absolute atomic E-state index is 0.303. The first-order chi connectivity index (χ1) is 10.6. The second-order valence-corrected chi connectivity index (χ2v) is 5.16. The number of benzene rings is 2. The van der Waals surface area contributed by atoms with Crippen LogP contribution in [0.15, 0.2) is 53.3 Å².